The van der Waals surface area contributed by atoms with Crippen LogP contribution in [0.1, 0.15) is 86.5 Å². The highest BCUT2D eigenvalue weighted by Crippen LogP contribution is 2.54. The smallest absolute Gasteiger partial charge is 0.344 e. The van der Waals surface area contributed by atoms with E-state index in [0.717, 1.165) is 37.4 Å². The topological polar surface area (TPSA) is 18.5 Å². The minimum atomic E-state index is -2.19. The second kappa shape index (κ2) is 9.18. The lowest BCUT2D eigenvalue weighted by Gasteiger charge is -2.47. The predicted molar refractivity (Wildman–Crippen MR) is 105 cm³/mol. The second-order valence-corrected chi connectivity index (χ2v) is 13.0. The van der Waals surface area contributed by atoms with E-state index in [-0.39, 0.29) is 0 Å². The van der Waals surface area contributed by atoms with Gasteiger partial charge in [-0.25, -0.2) is 0 Å². The van der Waals surface area contributed by atoms with Gasteiger partial charge in [-0.1, -0.05) is 54.4 Å². The molecule has 24 heavy (non-hydrogen) atoms. The lowest BCUT2D eigenvalue weighted by molar-refractivity contribution is 0.113. The first-order chi connectivity index (χ1) is 11.4. The van der Waals surface area contributed by atoms with Crippen LogP contribution in [0.25, 0.3) is 0 Å². The molecule has 0 aromatic rings. The fourth-order valence-electron chi connectivity index (χ4n) is 5.37. The van der Waals surface area contributed by atoms with Crippen LogP contribution in [0.4, 0.5) is 0 Å². The van der Waals surface area contributed by atoms with Crippen molar-refractivity contribution in [1.29, 1.82) is 0 Å². The molecule has 0 saturated heterocycles. The summed E-state index contributed by atoms with van der Waals surface area (Å²) in [6.45, 7) is 15.9. The van der Waals surface area contributed by atoms with Crippen molar-refractivity contribution in [3.8, 4) is 0 Å². The molecule has 0 bridgehead atoms. The van der Waals surface area contributed by atoms with Crippen LogP contribution in [0.15, 0.2) is 0 Å². The molecule has 5 atom stereocenters. The SMILES string of the molecule is CCCO[Si](OCC(C)C)(C1CC(C)CC(C)C1)C1CCCC1C. The van der Waals surface area contributed by atoms with Crippen LogP contribution >= 0.6 is 0 Å². The molecule has 2 aliphatic carbocycles. The maximum absolute atomic E-state index is 6.90. The Morgan fingerprint density at radius 3 is 2.12 bits per heavy atom. The highest BCUT2D eigenvalue weighted by atomic mass is 28.4. The van der Waals surface area contributed by atoms with E-state index >= 15 is 0 Å². The zero-order valence-corrected chi connectivity index (χ0v) is 18.1. The molecule has 0 spiro atoms. The molecule has 142 valence electrons. The lowest BCUT2D eigenvalue weighted by atomic mass is 9.83. The standard InChI is InChI=1S/C21H42O2Si/c1-7-11-22-24(23-15-16(2)3,21-10-8-9-19(21)6)20-13-17(4)12-18(5)14-20/h16-21H,7-15H2,1-6H3. The molecule has 2 saturated carbocycles. The van der Waals surface area contributed by atoms with Gasteiger partial charge < -0.3 is 8.85 Å². The molecular formula is C21H42O2Si. The van der Waals surface area contributed by atoms with E-state index < -0.39 is 8.56 Å². The minimum absolute atomic E-state index is 0.595. The fraction of sp³-hybridized carbons (Fsp3) is 1.00. The van der Waals surface area contributed by atoms with E-state index in [9.17, 15) is 0 Å². The maximum atomic E-state index is 6.90. The van der Waals surface area contributed by atoms with Crippen LogP contribution in [0.2, 0.25) is 11.1 Å². The quantitative estimate of drug-likeness (QED) is 0.460. The van der Waals surface area contributed by atoms with Crippen molar-refractivity contribution < 1.29 is 8.85 Å². The zero-order valence-electron chi connectivity index (χ0n) is 17.1. The average Bonchev–Trinajstić information content (AvgIpc) is 2.93. The van der Waals surface area contributed by atoms with Crippen LogP contribution in [0.5, 0.6) is 0 Å². The van der Waals surface area contributed by atoms with E-state index in [2.05, 4.69) is 41.5 Å². The molecule has 2 fully saturated rings. The molecule has 0 amide bonds. The molecule has 0 aromatic carbocycles. The summed E-state index contributed by atoms with van der Waals surface area (Å²) < 4.78 is 13.7. The minimum Gasteiger partial charge on any atom is -0.394 e. The van der Waals surface area contributed by atoms with Gasteiger partial charge in [0.05, 0.1) is 0 Å². The van der Waals surface area contributed by atoms with E-state index in [1.165, 1.54) is 38.5 Å². The monoisotopic (exact) mass is 354 g/mol. The Morgan fingerprint density at radius 2 is 1.62 bits per heavy atom. The first-order valence-electron chi connectivity index (χ1n) is 10.7. The van der Waals surface area contributed by atoms with Crippen LogP contribution in [-0.4, -0.2) is 21.8 Å². The molecule has 0 radical (unpaired) electrons. The first-order valence-corrected chi connectivity index (χ1v) is 12.6. The second-order valence-electron chi connectivity index (χ2n) is 9.40. The largest absolute Gasteiger partial charge is 0.394 e. The van der Waals surface area contributed by atoms with Gasteiger partial charge in [-0.05, 0) is 55.8 Å². The molecule has 0 aliphatic heterocycles. The highest BCUT2D eigenvalue weighted by molar-refractivity contribution is 6.70. The molecule has 3 heteroatoms. The zero-order chi connectivity index (χ0) is 17.7. The molecule has 2 nitrogen and oxygen atoms in total. The van der Waals surface area contributed by atoms with Crippen molar-refractivity contribution in [2.45, 2.75) is 97.6 Å². The predicted octanol–water partition coefficient (Wildman–Crippen LogP) is 6.54. The summed E-state index contributed by atoms with van der Waals surface area (Å²) in [4.78, 5) is 0. The van der Waals surface area contributed by atoms with Gasteiger partial charge in [0.15, 0.2) is 0 Å². The Morgan fingerprint density at radius 1 is 0.958 bits per heavy atom. The fourth-order valence-corrected chi connectivity index (χ4v) is 11.1. The van der Waals surface area contributed by atoms with Crippen LogP contribution < -0.4 is 0 Å². The molecule has 0 N–H and O–H groups in total. The summed E-state index contributed by atoms with van der Waals surface area (Å²) in [7, 11) is -2.19. The van der Waals surface area contributed by atoms with Gasteiger partial charge in [0.2, 0.25) is 0 Å². The van der Waals surface area contributed by atoms with Crippen molar-refractivity contribution >= 4 is 8.56 Å². The Hall–Kier alpha value is 0.137. The van der Waals surface area contributed by atoms with Gasteiger partial charge in [0.25, 0.3) is 0 Å². The van der Waals surface area contributed by atoms with Crippen LogP contribution in [0.3, 0.4) is 0 Å². The van der Waals surface area contributed by atoms with Crippen molar-refractivity contribution in [3.05, 3.63) is 0 Å². The number of rotatable bonds is 8. The summed E-state index contributed by atoms with van der Waals surface area (Å²) in [5, 5.41) is 0. The van der Waals surface area contributed by atoms with E-state index in [1.54, 1.807) is 0 Å². The van der Waals surface area contributed by atoms with E-state index in [0.29, 0.717) is 17.0 Å². The highest BCUT2D eigenvalue weighted by Gasteiger charge is 2.56. The summed E-state index contributed by atoms with van der Waals surface area (Å²) in [6.07, 6.45) is 9.26. The lowest BCUT2D eigenvalue weighted by Crippen LogP contribution is -2.54. The third kappa shape index (κ3) is 4.85. The normalized spacial score (nSPS) is 36.9. The molecule has 5 unspecified atom stereocenters. The third-order valence-electron chi connectivity index (χ3n) is 6.30. The Bertz CT molecular complexity index is 363. The van der Waals surface area contributed by atoms with Gasteiger partial charge in [0, 0.05) is 24.3 Å². The van der Waals surface area contributed by atoms with Crippen LogP contribution in [-0.2, 0) is 8.85 Å². The third-order valence-corrected chi connectivity index (χ3v) is 11.1. The maximum Gasteiger partial charge on any atom is 0.344 e. The molecule has 0 heterocycles. The van der Waals surface area contributed by atoms with Crippen molar-refractivity contribution in [3.63, 3.8) is 0 Å². The van der Waals surface area contributed by atoms with Gasteiger partial charge in [-0.15, -0.1) is 0 Å². The Labute approximate surface area is 152 Å². The average molecular weight is 355 g/mol. The first kappa shape index (κ1) is 20.4. The molecule has 0 aromatic heterocycles. The summed E-state index contributed by atoms with van der Waals surface area (Å²) in [6, 6.07) is 0. The van der Waals surface area contributed by atoms with Crippen LogP contribution in [0, 0.1) is 23.7 Å². The molecular weight excluding hydrogens is 312 g/mol. The summed E-state index contributed by atoms with van der Waals surface area (Å²) in [5.41, 5.74) is 1.41. The number of hydrogen-bond donors (Lipinski definition) is 0. The Balaban J connectivity index is 2.30. The van der Waals surface area contributed by atoms with E-state index in [4.69, 9.17) is 8.85 Å². The summed E-state index contributed by atoms with van der Waals surface area (Å²) in [5.74, 6) is 3.04. The van der Waals surface area contributed by atoms with Gasteiger partial charge in [0.1, 0.15) is 0 Å². The summed E-state index contributed by atoms with van der Waals surface area (Å²) >= 11 is 0. The van der Waals surface area contributed by atoms with Gasteiger partial charge in [-0.2, -0.15) is 0 Å². The molecule has 2 aliphatic rings. The number of hydrogen-bond acceptors (Lipinski definition) is 2. The van der Waals surface area contributed by atoms with Gasteiger partial charge in [-0.3, -0.25) is 0 Å². The molecule has 2 rings (SSSR count). The van der Waals surface area contributed by atoms with Crippen molar-refractivity contribution in [2.24, 2.45) is 23.7 Å². The van der Waals surface area contributed by atoms with Crippen molar-refractivity contribution in [1.82, 2.24) is 0 Å². The van der Waals surface area contributed by atoms with Gasteiger partial charge >= 0.3 is 8.56 Å². The Kier molecular flexibility index (Phi) is 7.82. The van der Waals surface area contributed by atoms with E-state index in [1.807, 2.05) is 0 Å². The van der Waals surface area contributed by atoms with Crippen molar-refractivity contribution in [2.75, 3.05) is 13.2 Å².